The Balaban J connectivity index is 1.74. The molecule has 0 radical (unpaired) electrons. The molecule has 2 aromatic carbocycles. The van der Waals surface area contributed by atoms with Crippen LogP contribution in [-0.4, -0.2) is 18.0 Å². The Kier molecular flexibility index (Phi) is 7.51. The number of amides is 2. The van der Waals surface area contributed by atoms with Crippen LogP contribution >= 0.6 is 15.9 Å². The van der Waals surface area contributed by atoms with E-state index >= 15 is 0 Å². The molecule has 1 heterocycles. The Hall–Kier alpha value is -3.71. The van der Waals surface area contributed by atoms with E-state index in [9.17, 15) is 9.59 Å². The average Bonchev–Trinajstić information content (AvgIpc) is 3.19. The van der Waals surface area contributed by atoms with Crippen LogP contribution in [0.1, 0.15) is 21.7 Å². The van der Waals surface area contributed by atoms with Gasteiger partial charge in [-0.3, -0.25) is 9.59 Å². The van der Waals surface area contributed by atoms with Crippen LogP contribution in [0.5, 0.6) is 0 Å². The minimum Gasteiger partial charge on any atom is -0.448 e. The molecule has 1 aromatic heterocycles. The fourth-order valence-corrected chi connectivity index (χ4v) is 2.71. The minimum atomic E-state index is -0.570. The number of carbonyl (C=O) groups is 2. The summed E-state index contributed by atoms with van der Waals surface area (Å²) in [6, 6.07) is 21.6. The van der Waals surface area contributed by atoms with Crippen molar-refractivity contribution >= 4 is 40.0 Å². The molecule has 0 saturated carbocycles. The predicted octanol–water partition coefficient (Wildman–Crippen LogP) is 4.52. The van der Waals surface area contributed by atoms with Gasteiger partial charge in [0.2, 0.25) is 0 Å². The fourth-order valence-electron chi connectivity index (χ4n) is 2.39. The molecule has 30 heavy (non-hydrogen) atoms. The highest BCUT2D eigenvalue weighted by atomic mass is 79.9. The lowest BCUT2D eigenvalue weighted by Crippen LogP contribution is -2.32. The highest BCUT2D eigenvalue weighted by Crippen LogP contribution is 2.12. The molecule has 150 valence electrons. The van der Waals surface area contributed by atoms with Crippen molar-refractivity contribution in [3.8, 4) is 0 Å². The summed E-state index contributed by atoms with van der Waals surface area (Å²) in [5.74, 6) is -0.507. The van der Waals surface area contributed by atoms with Crippen LogP contribution in [0.4, 0.5) is 0 Å². The number of nitrogens with one attached hydrogen (secondary N) is 2. The van der Waals surface area contributed by atoms with Gasteiger partial charge >= 0.3 is 0 Å². The molecule has 0 aliphatic heterocycles. The second-order valence-electron chi connectivity index (χ2n) is 6.01. The van der Waals surface area contributed by atoms with Crippen molar-refractivity contribution in [3.63, 3.8) is 0 Å². The number of rotatable bonds is 7. The SMILES string of the molecule is O=C(NN=Cc1ccc(Br)o1)C(=CC=Cc1ccccc1)NC(=O)c1ccccc1. The van der Waals surface area contributed by atoms with Crippen LogP contribution in [-0.2, 0) is 4.79 Å². The van der Waals surface area contributed by atoms with Gasteiger partial charge in [0.1, 0.15) is 11.5 Å². The third kappa shape index (κ3) is 6.42. The number of benzene rings is 2. The summed E-state index contributed by atoms with van der Waals surface area (Å²) in [5.41, 5.74) is 3.83. The Morgan fingerprint density at radius 3 is 2.30 bits per heavy atom. The molecule has 0 unspecified atom stereocenters. The number of hydrogen-bond donors (Lipinski definition) is 2. The summed E-state index contributed by atoms with van der Waals surface area (Å²) in [4.78, 5) is 25.0. The molecule has 2 N–H and O–H groups in total. The second kappa shape index (κ2) is 10.7. The molecule has 0 fully saturated rings. The van der Waals surface area contributed by atoms with Gasteiger partial charge in [-0.15, -0.1) is 0 Å². The maximum Gasteiger partial charge on any atom is 0.287 e. The van der Waals surface area contributed by atoms with Gasteiger partial charge in [0.25, 0.3) is 11.8 Å². The fraction of sp³-hybridized carbons (Fsp3) is 0. The molecule has 0 bridgehead atoms. The number of furan rings is 1. The van der Waals surface area contributed by atoms with Crippen molar-refractivity contribution in [2.24, 2.45) is 5.10 Å². The smallest absolute Gasteiger partial charge is 0.287 e. The van der Waals surface area contributed by atoms with Crippen LogP contribution in [0.2, 0.25) is 0 Å². The summed E-state index contributed by atoms with van der Waals surface area (Å²) in [6.07, 6.45) is 6.38. The highest BCUT2D eigenvalue weighted by Gasteiger charge is 2.13. The van der Waals surface area contributed by atoms with Gasteiger partial charge in [0, 0.05) is 5.56 Å². The lowest BCUT2D eigenvalue weighted by atomic mass is 10.2. The zero-order chi connectivity index (χ0) is 21.2. The van der Waals surface area contributed by atoms with Crippen molar-refractivity contribution in [1.29, 1.82) is 0 Å². The zero-order valence-electron chi connectivity index (χ0n) is 15.8. The van der Waals surface area contributed by atoms with Gasteiger partial charge in [-0.25, -0.2) is 5.43 Å². The first-order chi connectivity index (χ1) is 14.6. The van der Waals surface area contributed by atoms with Crippen LogP contribution < -0.4 is 10.7 Å². The normalized spacial score (nSPS) is 11.7. The van der Waals surface area contributed by atoms with Crippen LogP contribution in [0, 0.1) is 0 Å². The number of allylic oxidation sites excluding steroid dienone is 2. The zero-order valence-corrected chi connectivity index (χ0v) is 17.4. The molecule has 7 heteroatoms. The molecule has 0 saturated heterocycles. The summed E-state index contributed by atoms with van der Waals surface area (Å²) < 4.78 is 5.84. The van der Waals surface area contributed by atoms with E-state index in [1.54, 1.807) is 42.5 Å². The average molecular weight is 464 g/mol. The molecule has 0 aliphatic rings. The lowest BCUT2D eigenvalue weighted by molar-refractivity contribution is -0.117. The first kappa shape index (κ1) is 21.0. The Morgan fingerprint density at radius 2 is 1.63 bits per heavy atom. The third-order valence-corrected chi connectivity index (χ3v) is 4.26. The summed E-state index contributed by atoms with van der Waals surface area (Å²) in [6.45, 7) is 0. The highest BCUT2D eigenvalue weighted by molar-refractivity contribution is 9.10. The third-order valence-electron chi connectivity index (χ3n) is 3.83. The van der Waals surface area contributed by atoms with Crippen molar-refractivity contribution in [2.45, 2.75) is 0 Å². The molecular weight excluding hydrogens is 446 g/mol. The van der Waals surface area contributed by atoms with E-state index in [0.29, 0.717) is 16.0 Å². The van der Waals surface area contributed by atoms with Gasteiger partial charge in [-0.05, 0) is 51.8 Å². The number of hydrazone groups is 1. The standard InChI is InChI=1S/C23H18BrN3O3/c24-21-15-14-19(30-21)16-25-27-23(29)20(13-7-10-17-8-3-1-4-9-17)26-22(28)18-11-5-2-6-12-18/h1-16H,(H,26,28)(H,27,29). The quantitative estimate of drug-likeness (QED) is 0.234. The van der Waals surface area contributed by atoms with Crippen molar-refractivity contribution in [3.05, 3.63) is 112 Å². The largest absolute Gasteiger partial charge is 0.448 e. The monoisotopic (exact) mass is 463 g/mol. The molecular formula is C23H18BrN3O3. The topological polar surface area (TPSA) is 83.7 Å². The van der Waals surface area contributed by atoms with Crippen LogP contribution in [0.3, 0.4) is 0 Å². The van der Waals surface area contributed by atoms with Crippen molar-refractivity contribution in [1.82, 2.24) is 10.7 Å². The second-order valence-corrected chi connectivity index (χ2v) is 6.79. The van der Waals surface area contributed by atoms with Crippen molar-refractivity contribution < 1.29 is 14.0 Å². The molecule has 0 atom stereocenters. The minimum absolute atomic E-state index is 0.0498. The molecule has 0 spiro atoms. The van der Waals surface area contributed by atoms with E-state index in [4.69, 9.17) is 4.42 Å². The Morgan fingerprint density at radius 1 is 0.933 bits per heavy atom. The van der Waals surface area contributed by atoms with Crippen LogP contribution in [0.25, 0.3) is 6.08 Å². The van der Waals surface area contributed by atoms with Gasteiger partial charge < -0.3 is 9.73 Å². The van der Waals surface area contributed by atoms with Gasteiger partial charge in [0.05, 0.1) is 6.21 Å². The summed E-state index contributed by atoms with van der Waals surface area (Å²) in [7, 11) is 0. The first-order valence-electron chi connectivity index (χ1n) is 9.00. The van der Waals surface area contributed by atoms with E-state index in [1.807, 2.05) is 42.5 Å². The van der Waals surface area contributed by atoms with E-state index in [2.05, 4.69) is 31.8 Å². The van der Waals surface area contributed by atoms with E-state index in [1.165, 1.54) is 12.3 Å². The molecule has 2 amide bonds. The van der Waals surface area contributed by atoms with Gasteiger partial charge in [-0.1, -0.05) is 60.7 Å². The number of hydrogen-bond acceptors (Lipinski definition) is 4. The summed E-state index contributed by atoms with van der Waals surface area (Å²) >= 11 is 3.19. The van der Waals surface area contributed by atoms with E-state index < -0.39 is 11.8 Å². The molecule has 3 rings (SSSR count). The number of nitrogens with zero attached hydrogens (tertiary/aromatic N) is 1. The maximum atomic E-state index is 12.6. The maximum absolute atomic E-state index is 12.6. The van der Waals surface area contributed by atoms with Gasteiger partial charge in [-0.2, -0.15) is 5.10 Å². The van der Waals surface area contributed by atoms with Crippen LogP contribution in [0.15, 0.2) is 105 Å². The predicted molar refractivity (Wildman–Crippen MR) is 120 cm³/mol. The first-order valence-corrected chi connectivity index (χ1v) is 9.80. The van der Waals surface area contributed by atoms with E-state index in [-0.39, 0.29) is 5.70 Å². The summed E-state index contributed by atoms with van der Waals surface area (Å²) in [5, 5.41) is 6.49. The van der Waals surface area contributed by atoms with Crippen molar-refractivity contribution in [2.75, 3.05) is 0 Å². The van der Waals surface area contributed by atoms with Gasteiger partial charge in [0.15, 0.2) is 4.67 Å². The number of halogens is 1. The molecule has 3 aromatic rings. The number of carbonyl (C=O) groups excluding carboxylic acids is 2. The molecule has 6 nitrogen and oxygen atoms in total. The Bertz CT molecular complexity index is 1090. The lowest BCUT2D eigenvalue weighted by Gasteiger charge is -2.08. The van der Waals surface area contributed by atoms with E-state index in [0.717, 1.165) is 5.56 Å². The Labute approximate surface area is 182 Å². The molecule has 0 aliphatic carbocycles.